The molecular weight excluding hydrogens is 445 g/mol. The summed E-state index contributed by atoms with van der Waals surface area (Å²) in [6.07, 6.45) is -1.15. The van der Waals surface area contributed by atoms with E-state index >= 15 is 0 Å². The van der Waals surface area contributed by atoms with E-state index in [0.29, 0.717) is 10.6 Å². The predicted molar refractivity (Wildman–Crippen MR) is 118 cm³/mol. The number of nitrogens with one attached hydrogen (secondary N) is 3. The molecule has 0 aliphatic rings. The van der Waals surface area contributed by atoms with Gasteiger partial charge in [-0.05, 0) is 60.7 Å². The van der Waals surface area contributed by atoms with Gasteiger partial charge in [-0.1, -0.05) is 24.6 Å². The number of aryl methyl sites for hydroxylation is 1. The molecule has 0 aliphatic carbocycles. The van der Waals surface area contributed by atoms with Crippen molar-refractivity contribution >= 4 is 41.4 Å². The SMILES string of the molecule is CNC(=O)c1nc(SNC(C(=N)OC(N)=O)C(C)c2c(F)ccc(C)c2C)ccc1Cl. The van der Waals surface area contributed by atoms with E-state index < -0.39 is 35.7 Å². The lowest BCUT2D eigenvalue weighted by Crippen LogP contribution is -2.40. The molecule has 2 atom stereocenters. The number of carbonyl (C=O) groups excluding carboxylic acids is 2. The van der Waals surface area contributed by atoms with Crippen LogP contribution in [0.15, 0.2) is 29.3 Å². The Hall–Kier alpha value is -2.69. The van der Waals surface area contributed by atoms with Crippen LogP contribution in [-0.4, -0.2) is 36.0 Å². The summed E-state index contributed by atoms with van der Waals surface area (Å²) in [7, 11) is 1.46. The predicted octanol–water partition coefficient (Wildman–Crippen LogP) is 3.69. The lowest BCUT2D eigenvalue weighted by molar-refractivity contribution is 0.0957. The molecule has 166 valence electrons. The van der Waals surface area contributed by atoms with Gasteiger partial charge in [-0.15, -0.1) is 0 Å². The van der Waals surface area contributed by atoms with Crippen molar-refractivity contribution in [1.82, 2.24) is 15.0 Å². The molecule has 2 unspecified atom stereocenters. The number of pyridine rings is 1. The molecule has 2 rings (SSSR count). The number of ether oxygens (including phenoxy) is 1. The van der Waals surface area contributed by atoms with Crippen LogP contribution in [0.5, 0.6) is 0 Å². The summed E-state index contributed by atoms with van der Waals surface area (Å²) in [6, 6.07) is 5.17. The molecule has 11 heteroatoms. The highest BCUT2D eigenvalue weighted by Crippen LogP contribution is 2.30. The van der Waals surface area contributed by atoms with E-state index in [1.165, 1.54) is 19.2 Å². The third-order valence-corrected chi connectivity index (χ3v) is 5.85. The number of rotatable bonds is 7. The Balaban J connectivity index is 2.36. The quantitative estimate of drug-likeness (QED) is 0.279. The van der Waals surface area contributed by atoms with Gasteiger partial charge in [-0.3, -0.25) is 10.2 Å². The maximum absolute atomic E-state index is 14.6. The third-order valence-electron chi connectivity index (χ3n) is 4.73. The third kappa shape index (κ3) is 5.93. The van der Waals surface area contributed by atoms with Crippen molar-refractivity contribution in [3.63, 3.8) is 0 Å². The maximum Gasteiger partial charge on any atom is 0.411 e. The number of primary amides is 1. The zero-order valence-electron chi connectivity index (χ0n) is 17.4. The molecule has 2 aromatic rings. The number of hydrogen-bond acceptors (Lipinski definition) is 7. The number of carbonyl (C=O) groups is 2. The fourth-order valence-electron chi connectivity index (χ4n) is 2.97. The van der Waals surface area contributed by atoms with Crippen molar-refractivity contribution in [3.05, 3.63) is 57.5 Å². The molecule has 1 aromatic carbocycles. The number of amides is 2. The fraction of sp³-hybridized carbons (Fsp3) is 0.300. The molecule has 1 aromatic heterocycles. The molecule has 0 radical (unpaired) electrons. The fourth-order valence-corrected chi connectivity index (χ4v) is 3.99. The molecule has 0 fully saturated rings. The largest absolute Gasteiger partial charge is 0.411 e. The smallest absolute Gasteiger partial charge is 0.394 e. The summed E-state index contributed by atoms with van der Waals surface area (Å²) in [5.41, 5.74) is 7.08. The summed E-state index contributed by atoms with van der Waals surface area (Å²) in [6.45, 7) is 5.34. The van der Waals surface area contributed by atoms with Crippen molar-refractivity contribution in [2.45, 2.75) is 37.8 Å². The Labute approximate surface area is 188 Å². The van der Waals surface area contributed by atoms with E-state index in [9.17, 15) is 14.0 Å². The zero-order chi connectivity index (χ0) is 23.3. The van der Waals surface area contributed by atoms with Crippen LogP contribution in [0.4, 0.5) is 9.18 Å². The molecule has 0 aliphatic heterocycles. The van der Waals surface area contributed by atoms with Gasteiger partial charge in [0.2, 0.25) is 5.90 Å². The highest BCUT2D eigenvalue weighted by Gasteiger charge is 2.30. The van der Waals surface area contributed by atoms with Crippen LogP contribution < -0.4 is 15.8 Å². The minimum atomic E-state index is -1.15. The van der Waals surface area contributed by atoms with Crippen molar-refractivity contribution < 1.29 is 18.7 Å². The van der Waals surface area contributed by atoms with E-state index in [1.807, 2.05) is 6.92 Å². The zero-order valence-corrected chi connectivity index (χ0v) is 19.0. The second-order valence-electron chi connectivity index (χ2n) is 6.73. The van der Waals surface area contributed by atoms with Crippen LogP contribution in [0.2, 0.25) is 5.02 Å². The average molecular weight is 468 g/mol. The van der Waals surface area contributed by atoms with Gasteiger partial charge in [-0.2, -0.15) is 0 Å². The van der Waals surface area contributed by atoms with Gasteiger partial charge in [0.25, 0.3) is 5.91 Å². The Morgan fingerprint density at radius 1 is 1.29 bits per heavy atom. The highest BCUT2D eigenvalue weighted by atomic mass is 35.5. The number of aromatic nitrogens is 1. The van der Waals surface area contributed by atoms with Gasteiger partial charge in [0, 0.05) is 13.0 Å². The number of halogens is 2. The molecule has 2 amide bonds. The van der Waals surface area contributed by atoms with E-state index in [2.05, 4.69) is 15.0 Å². The minimum absolute atomic E-state index is 0.0320. The monoisotopic (exact) mass is 467 g/mol. The first kappa shape index (κ1) is 24.6. The molecule has 1 heterocycles. The first-order valence-corrected chi connectivity index (χ1v) is 10.4. The molecule has 0 bridgehead atoms. The highest BCUT2D eigenvalue weighted by molar-refractivity contribution is 7.97. The second kappa shape index (κ2) is 10.6. The summed E-state index contributed by atoms with van der Waals surface area (Å²) < 4.78 is 22.4. The van der Waals surface area contributed by atoms with Gasteiger partial charge in [0.05, 0.1) is 5.02 Å². The summed E-state index contributed by atoms with van der Waals surface area (Å²) >= 11 is 7.00. The summed E-state index contributed by atoms with van der Waals surface area (Å²) in [5.74, 6) is -1.98. The van der Waals surface area contributed by atoms with Gasteiger partial charge >= 0.3 is 6.09 Å². The molecule has 8 nitrogen and oxygen atoms in total. The van der Waals surface area contributed by atoms with Gasteiger partial charge < -0.3 is 15.8 Å². The Morgan fingerprint density at radius 2 is 1.97 bits per heavy atom. The van der Waals surface area contributed by atoms with Crippen molar-refractivity contribution in [2.24, 2.45) is 5.73 Å². The minimum Gasteiger partial charge on any atom is -0.394 e. The Bertz CT molecular complexity index is 1020. The average Bonchev–Trinajstić information content (AvgIpc) is 2.71. The lowest BCUT2D eigenvalue weighted by Gasteiger charge is -2.26. The summed E-state index contributed by atoms with van der Waals surface area (Å²) in [5, 5.41) is 11.2. The van der Waals surface area contributed by atoms with E-state index in [4.69, 9.17) is 27.5 Å². The first-order valence-electron chi connectivity index (χ1n) is 9.19. The van der Waals surface area contributed by atoms with Gasteiger partial charge in [-0.25, -0.2) is 18.9 Å². The molecule has 0 spiro atoms. The Morgan fingerprint density at radius 3 is 2.58 bits per heavy atom. The molecular formula is C20H23ClFN5O3S. The molecule has 5 N–H and O–H groups in total. The second-order valence-corrected chi connectivity index (χ2v) is 8.00. The van der Waals surface area contributed by atoms with Gasteiger partial charge in [0.1, 0.15) is 22.6 Å². The van der Waals surface area contributed by atoms with Crippen LogP contribution in [0.1, 0.15) is 40.0 Å². The molecule has 0 saturated carbocycles. The van der Waals surface area contributed by atoms with Crippen molar-refractivity contribution in [3.8, 4) is 0 Å². The number of benzene rings is 1. The van der Waals surface area contributed by atoms with Crippen LogP contribution in [0.3, 0.4) is 0 Å². The van der Waals surface area contributed by atoms with E-state index in [1.54, 1.807) is 26.0 Å². The van der Waals surface area contributed by atoms with E-state index in [0.717, 1.165) is 23.1 Å². The summed E-state index contributed by atoms with van der Waals surface area (Å²) in [4.78, 5) is 27.3. The standard InChI is InChI=1S/C20H23ClFN5O3S/c1-9-5-7-13(22)15(10(9)2)11(3)16(18(23)30-20(24)29)27-31-14-8-6-12(21)17(26-14)19(28)25-4/h5-8,11,16,23,27H,1-4H3,(H2,24,29)(H,25,28). The topological polar surface area (TPSA) is 130 Å². The Kier molecular flexibility index (Phi) is 8.37. The number of nitrogens with zero attached hydrogens (tertiary/aromatic N) is 1. The normalized spacial score (nSPS) is 12.7. The number of nitrogens with two attached hydrogens (primary N) is 1. The van der Waals surface area contributed by atoms with Gasteiger partial charge in [0.15, 0.2) is 0 Å². The molecule has 0 saturated heterocycles. The lowest BCUT2D eigenvalue weighted by atomic mass is 9.88. The first-order chi connectivity index (χ1) is 14.6. The maximum atomic E-state index is 14.6. The van der Waals surface area contributed by atoms with Crippen molar-refractivity contribution in [2.75, 3.05) is 7.05 Å². The van der Waals surface area contributed by atoms with Crippen LogP contribution in [0.25, 0.3) is 0 Å². The number of hydrogen-bond donors (Lipinski definition) is 4. The van der Waals surface area contributed by atoms with Crippen molar-refractivity contribution in [1.29, 1.82) is 5.41 Å². The van der Waals surface area contributed by atoms with Crippen LogP contribution >= 0.6 is 23.5 Å². The van der Waals surface area contributed by atoms with E-state index in [-0.39, 0.29) is 10.7 Å². The molecule has 31 heavy (non-hydrogen) atoms. The van der Waals surface area contributed by atoms with Crippen LogP contribution in [0, 0.1) is 25.1 Å². The van der Waals surface area contributed by atoms with Crippen LogP contribution in [-0.2, 0) is 4.74 Å².